The first-order chi connectivity index (χ1) is 27.7. The number of hydrogen-bond acceptors (Lipinski definition) is 2. The molecule has 12 aromatic carbocycles. The van der Waals surface area contributed by atoms with E-state index >= 15 is 0 Å². The maximum Gasteiger partial charge on any atom is 0.0804 e. The van der Waals surface area contributed by atoms with Crippen molar-refractivity contribution in [1.82, 2.24) is 0 Å². The summed E-state index contributed by atoms with van der Waals surface area (Å²) in [6, 6.07) is 66.8. The first kappa shape index (κ1) is 30.0. The molecule has 0 radical (unpaired) electrons. The van der Waals surface area contributed by atoms with Crippen molar-refractivity contribution in [3.05, 3.63) is 204 Å². The Morgan fingerprint density at radius 1 is 0.232 bits per heavy atom. The number of nitrogens with zero attached hydrogens (tertiary/aromatic N) is 2. The van der Waals surface area contributed by atoms with Crippen molar-refractivity contribution in [1.29, 1.82) is 0 Å². The van der Waals surface area contributed by atoms with E-state index in [0.717, 1.165) is 66.6 Å². The predicted molar refractivity (Wildman–Crippen MR) is 239 cm³/mol. The Morgan fingerprint density at radius 3 is 0.875 bits per heavy atom. The molecule has 0 unspecified atom stereocenters. The summed E-state index contributed by atoms with van der Waals surface area (Å²) in [5.41, 5.74) is 7.85. The Labute approximate surface area is 322 Å². The van der Waals surface area contributed by atoms with E-state index in [-0.39, 0.29) is 0 Å². The van der Waals surface area contributed by atoms with Crippen LogP contribution in [0.1, 0.15) is 22.3 Å². The standard InChI is InChI=1S/C54H30N2/c1-3-9-37-29-47-45(27-35(37)7-1)53(43-23-39-19-15-31-11-5-12-32-16-20-40(24-43)51(39)49(31)32)56-48-30-38-10-4-2-8-36(38)28-46(48)54(55-47)44-25-41-21-17-33-13-6-14-34-18-22-42(26-44)52(41)50(33)34/h1-30H/b53-45?,54-46?,55-47?,55-54-,56-48?,56-53-. The van der Waals surface area contributed by atoms with Gasteiger partial charge in [-0.2, -0.15) is 0 Å². The fourth-order valence-electron chi connectivity index (χ4n) is 9.60. The number of aliphatic imine (C=N–C) groups is 2. The Balaban J connectivity index is 1.13. The molecule has 0 spiro atoms. The molecular formula is C54H30N2. The van der Waals surface area contributed by atoms with E-state index in [1.54, 1.807) is 0 Å². The summed E-state index contributed by atoms with van der Waals surface area (Å²) in [5.74, 6) is 0. The summed E-state index contributed by atoms with van der Waals surface area (Å²) < 4.78 is 0. The van der Waals surface area contributed by atoms with Crippen LogP contribution in [-0.4, -0.2) is 11.4 Å². The molecule has 0 saturated heterocycles. The van der Waals surface area contributed by atoms with Crippen LogP contribution in [0.15, 0.2) is 192 Å². The third-order valence-corrected chi connectivity index (χ3v) is 12.2. The highest BCUT2D eigenvalue weighted by atomic mass is 14.8. The van der Waals surface area contributed by atoms with Gasteiger partial charge in [0.05, 0.1) is 22.8 Å². The van der Waals surface area contributed by atoms with Gasteiger partial charge in [0.2, 0.25) is 0 Å². The smallest absolute Gasteiger partial charge is 0.0804 e. The minimum Gasteiger partial charge on any atom is -0.247 e. The van der Waals surface area contributed by atoms with Crippen LogP contribution in [0.2, 0.25) is 0 Å². The van der Waals surface area contributed by atoms with Crippen LogP contribution in [0.5, 0.6) is 0 Å². The average Bonchev–Trinajstić information content (AvgIpc) is 3.24. The van der Waals surface area contributed by atoms with Crippen molar-refractivity contribution in [2.75, 3.05) is 0 Å². The molecule has 1 heterocycles. The van der Waals surface area contributed by atoms with Gasteiger partial charge in [-0.15, -0.1) is 0 Å². The molecule has 13 rings (SSSR count). The van der Waals surface area contributed by atoms with Gasteiger partial charge in [-0.05, 0) is 135 Å². The molecule has 0 saturated carbocycles. The lowest BCUT2D eigenvalue weighted by molar-refractivity contribution is 1.41. The molecule has 12 aromatic rings. The van der Waals surface area contributed by atoms with Gasteiger partial charge < -0.3 is 0 Å². The lowest BCUT2D eigenvalue weighted by Crippen LogP contribution is -2.11. The van der Waals surface area contributed by atoms with E-state index in [4.69, 9.17) is 9.98 Å². The maximum absolute atomic E-state index is 5.76. The molecule has 0 atom stereocenters. The van der Waals surface area contributed by atoms with Gasteiger partial charge in [0, 0.05) is 22.3 Å². The van der Waals surface area contributed by atoms with Gasteiger partial charge in [0.25, 0.3) is 0 Å². The van der Waals surface area contributed by atoms with Gasteiger partial charge in [0.15, 0.2) is 0 Å². The third kappa shape index (κ3) is 4.27. The first-order valence-electron chi connectivity index (χ1n) is 19.3. The van der Waals surface area contributed by atoms with Crippen LogP contribution in [0.25, 0.3) is 86.2 Å². The zero-order valence-corrected chi connectivity index (χ0v) is 30.2. The zero-order chi connectivity index (χ0) is 36.5. The summed E-state index contributed by atoms with van der Waals surface area (Å²) in [6.45, 7) is 0. The molecule has 0 amide bonds. The lowest BCUT2D eigenvalue weighted by atomic mass is 9.88. The van der Waals surface area contributed by atoms with Crippen LogP contribution < -0.4 is 0 Å². The Kier molecular flexibility index (Phi) is 5.92. The fourth-order valence-corrected chi connectivity index (χ4v) is 9.60. The van der Waals surface area contributed by atoms with Gasteiger partial charge in [0.1, 0.15) is 0 Å². The van der Waals surface area contributed by atoms with Crippen LogP contribution in [0.4, 0.5) is 11.4 Å². The zero-order valence-electron chi connectivity index (χ0n) is 30.2. The van der Waals surface area contributed by atoms with Crippen molar-refractivity contribution in [2.24, 2.45) is 9.98 Å². The Hall–Kier alpha value is -7.42. The molecule has 0 aliphatic carbocycles. The number of hydrogen-bond donors (Lipinski definition) is 0. The van der Waals surface area contributed by atoms with E-state index in [9.17, 15) is 0 Å². The minimum absolute atomic E-state index is 0.909. The van der Waals surface area contributed by atoms with Crippen molar-refractivity contribution in [2.45, 2.75) is 0 Å². The van der Waals surface area contributed by atoms with Gasteiger partial charge in [-0.25, -0.2) is 9.98 Å². The molecule has 2 heteroatoms. The second-order valence-corrected chi connectivity index (χ2v) is 15.4. The van der Waals surface area contributed by atoms with Crippen LogP contribution in [0, 0.1) is 0 Å². The normalized spacial score (nSPS) is 15.1. The van der Waals surface area contributed by atoms with Gasteiger partial charge in [-0.1, -0.05) is 133 Å². The summed E-state index contributed by atoms with van der Waals surface area (Å²) in [4.78, 5) is 11.5. The van der Waals surface area contributed by atoms with Gasteiger partial charge >= 0.3 is 0 Å². The van der Waals surface area contributed by atoms with Crippen molar-refractivity contribution in [3.8, 4) is 0 Å². The summed E-state index contributed by atoms with van der Waals surface area (Å²) in [6.07, 6.45) is 0. The molecule has 0 bridgehead atoms. The van der Waals surface area contributed by atoms with Gasteiger partial charge in [-0.3, -0.25) is 0 Å². The van der Waals surface area contributed by atoms with Crippen molar-refractivity contribution in [3.63, 3.8) is 0 Å². The fraction of sp³-hybridized carbons (Fsp3) is 0. The molecule has 0 aromatic heterocycles. The number of fused-ring (bicyclic) bond motifs is 4. The first-order valence-corrected chi connectivity index (χ1v) is 19.3. The van der Waals surface area contributed by atoms with Crippen LogP contribution >= 0.6 is 0 Å². The monoisotopic (exact) mass is 706 g/mol. The van der Waals surface area contributed by atoms with E-state index in [2.05, 4.69) is 182 Å². The largest absolute Gasteiger partial charge is 0.247 e. The number of rotatable bonds is 2. The van der Waals surface area contributed by atoms with E-state index < -0.39 is 0 Å². The maximum atomic E-state index is 5.76. The average molecular weight is 707 g/mol. The highest BCUT2D eigenvalue weighted by Crippen LogP contribution is 2.42. The van der Waals surface area contributed by atoms with Crippen molar-refractivity contribution < 1.29 is 0 Å². The van der Waals surface area contributed by atoms with E-state index in [1.165, 1.54) is 64.6 Å². The molecule has 2 nitrogen and oxygen atoms in total. The SMILES string of the molecule is c1ccc2cc3c(cc2c1)/N=C(/c1cc2ccc4cccc5ccc(c1)c2c45)c1cc2ccccc2cc1/N=C\3c1cc2ccc3cccc4ccc(c1)c2c34. The summed E-state index contributed by atoms with van der Waals surface area (Å²) in [7, 11) is 0. The summed E-state index contributed by atoms with van der Waals surface area (Å²) >= 11 is 0. The molecule has 0 fully saturated rings. The number of benzene rings is 12. The van der Waals surface area contributed by atoms with Crippen molar-refractivity contribution >= 4 is 109 Å². The Morgan fingerprint density at radius 2 is 0.518 bits per heavy atom. The lowest BCUT2D eigenvalue weighted by Gasteiger charge is -2.21. The highest BCUT2D eigenvalue weighted by molar-refractivity contribution is 6.30. The summed E-state index contributed by atoms with van der Waals surface area (Å²) in [5, 5.41) is 19.8. The molecule has 1 aliphatic rings. The molecular weight excluding hydrogens is 677 g/mol. The minimum atomic E-state index is 0.909. The second kappa shape index (κ2) is 11.1. The Bertz CT molecular complexity index is 3330. The second-order valence-electron chi connectivity index (χ2n) is 15.4. The molecule has 0 N–H and O–H groups in total. The molecule has 256 valence electrons. The van der Waals surface area contributed by atoms with Crippen LogP contribution in [-0.2, 0) is 0 Å². The third-order valence-electron chi connectivity index (χ3n) is 12.2. The quantitative estimate of drug-likeness (QED) is 0.160. The topological polar surface area (TPSA) is 24.7 Å². The van der Waals surface area contributed by atoms with E-state index in [1.807, 2.05) is 0 Å². The molecule has 1 aliphatic heterocycles. The predicted octanol–water partition coefficient (Wildman–Crippen LogP) is 14.4. The highest BCUT2D eigenvalue weighted by Gasteiger charge is 2.24. The van der Waals surface area contributed by atoms with Crippen LogP contribution in [0.3, 0.4) is 0 Å². The van der Waals surface area contributed by atoms with E-state index in [0.29, 0.717) is 0 Å². The molecule has 56 heavy (non-hydrogen) atoms.